The lowest BCUT2D eigenvalue weighted by Crippen LogP contribution is -2.24. The number of carbonyl (C=O) groups is 1. The van der Waals surface area contributed by atoms with E-state index in [4.69, 9.17) is 21.1 Å². The van der Waals surface area contributed by atoms with Gasteiger partial charge in [0.2, 0.25) is 0 Å². The summed E-state index contributed by atoms with van der Waals surface area (Å²) in [4.78, 5) is 11.8. The van der Waals surface area contributed by atoms with Crippen LogP contribution in [0.15, 0.2) is 52.0 Å². The van der Waals surface area contributed by atoms with Crippen molar-refractivity contribution in [2.45, 2.75) is 26.4 Å². The van der Waals surface area contributed by atoms with Crippen LogP contribution < -0.4 is 14.9 Å². The minimum atomic E-state index is -0.357. The Bertz CT molecular complexity index is 783. The normalized spacial score (nSPS) is 12.0. The van der Waals surface area contributed by atoms with Gasteiger partial charge in [-0.15, -0.1) is 0 Å². The van der Waals surface area contributed by atoms with E-state index < -0.39 is 0 Å². The number of carbonyl (C=O) groups excluding carboxylic acids is 1. The molecule has 1 N–H and O–H groups in total. The first-order chi connectivity index (χ1) is 12.5. The van der Waals surface area contributed by atoms with Gasteiger partial charge in [-0.25, -0.2) is 5.43 Å². The van der Waals surface area contributed by atoms with Crippen molar-refractivity contribution in [3.63, 3.8) is 0 Å². The van der Waals surface area contributed by atoms with Gasteiger partial charge < -0.3 is 9.47 Å². The van der Waals surface area contributed by atoms with Gasteiger partial charge in [-0.1, -0.05) is 40.5 Å². The molecule has 2 aromatic rings. The van der Waals surface area contributed by atoms with Gasteiger partial charge in [-0.2, -0.15) is 5.10 Å². The lowest BCUT2D eigenvalue weighted by atomic mass is 10.2. The molecule has 0 saturated heterocycles. The Hall–Kier alpha value is -2.05. The summed E-state index contributed by atoms with van der Waals surface area (Å²) in [5.74, 6) is 0.871. The third kappa shape index (κ3) is 6.69. The van der Waals surface area contributed by atoms with E-state index in [1.165, 1.54) is 6.21 Å². The molecule has 0 fully saturated rings. The van der Waals surface area contributed by atoms with Crippen LogP contribution in [0.5, 0.6) is 11.5 Å². The fraction of sp³-hybridized carbons (Fsp3) is 0.263. The number of benzene rings is 2. The largest absolute Gasteiger partial charge is 0.489 e. The highest BCUT2D eigenvalue weighted by atomic mass is 79.9. The maximum Gasteiger partial charge on any atom is 0.277 e. The number of nitrogens with one attached hydrogen (secondary N) is 1. The van der Waals surface area contributed by atoms with Crippen LogP contribution >= 0.6 is 27.5 Å². The van der Waals surface area contributed by atoms with Crippen molar-refractivity contribution >= 4 is 39.7 Å². The molecule has 0 radical (unpaired) electrons. The number of hydrogen-bond acceptors (Lipinski definition) is 4. The monoisotopic (exact) mass is 438 g/mol. The van der Waals surface area contributed by atoms with Crippen LogP contribution in [-0.2, 0) is 4.79 Å². The SMILES string of the molecule is CC[C@@H](C)Oc1ccc(/C=N/NC(=O)COc2cccc(Br)c2)cc1Cl. The second-order valence-corrected chi connectivity index (χ2v) is 6.89. The van der Waals surface area contributed by atoms with E-state index in [1.54, 1.807) is 24.3 Å². The maximum absolute atomic E-state index is 11.8. The summed E-state index contributed by atoms with van der Waals surface area (Å²) in [6.07, 6.45) is 2.50. The van der Waals surface area contributed by atoms with E-state index in [0.717, 1.165) is 16.5 Å². The Morgan fingerprint density at radius 1 is 1.35 bits per heavy atom. The van der Waals surface area contributed by atoms with E-state index in [0.29, 0.717) is 16.5 Å². The molecule has 26 heavy (non-hydrogen) atoms. The molecular weight excluding hydrogens is 420 g/mol. The average Bonchev–Trinajstić information content (AvgIpc) is 2.62. The third-order valence-electron chi connectivity index (χ3n) is 3.43. The van der Waals surface area contributed by atoms with Gasteiger partial charge in [0.05, 0.1) is 17.3 Å². The van der Waals surface area contributed by atoms with Gasteiger partial charge in [-0.3, -0.25) is 4.79 Å². The van der Waals surface area contributed by atoms with Crippen molar-refractivity contribution in [2.75, 3.05) is 6.61 Å². The van der Waals surface area contributed by atoms with Gasteiger partial charge in [0.15, 0.2) is 6.61 Å². The van der Waals surface area contributed by atoms with Crippen LogP contribution in [0.25, 0.3) is 0 Å². The fourth-order valence-corrected chi connectivity index (χ4v) is 2.52. The van der Waals surface area contributed by atoms with Crippen LogP contribution in [0.4, 0.5) is 0 Å². The zero-order valence-corrected chi connectivity index (χ0v) is 16.9. The van der Waals surface area contributed by atoms with Crippen molar-refractivity contribution in [3.8, 4) is 11.5 Å². The molecule has 2 rings (SSSR count). The molecule has 0 saturated carbocycles. The molecule has 0 aliphatic heterocycles. The first-order valence-electron chi connectivity index (χ1n) is 8.14. The molecular formula is C19H20BrClN2O3. The minimum Gasteiger partial charge on any atom is -0.489 e. The molecule has 0 unspecified atom stereocenters. The highest BCUT2D eigenvalue weighted by Gasteiger charge is 2.06. The molecule has 0 spiro atoms. The number of halogens is 2. The van der Waals surface area contributed by atoms with Crippen LogP contribution in [0.1, 0.15) is 25.8 Å². The summed E-state index contributed by atoms with van der Waals surface area (Å²) in [5.41, 5.74) is 3.16. The quantitative estimate of drug-likeness (QED) is 0.474. The summed E-state index contributed by atoms with van der Waals surface area (Å²) in [6, 6.07) is 12.6. The summed E-state index contributed by atoms with van der Waals surface area (Å²) >= 11 is 9.55. The number of nitrogens with zero attached hydrogens (tertiary/aromatic N) is 1. The highest BCUT2D eigenvalue weighted by molar-refractivity contribution is 9.10. The molecule has 138 valence electrons. The Morgan fingerprint density at radius 3 is 2.85 bits per heavy atom. The zero-order valence-electron chi connectivity index (χ0n) is 14.5. The fourth-order valence-electron chi connectivity index (χ4n) is 1.91. The molecule has 0 aliphatic rings. The van der Waals surface area contributed by atoms with Gasteiger partial charge in [-0.05, 0) is 55.3 Å². The Morgan fingerprint density at radius 2 is 2.15 bits per heavy atom. The van der Waals surface area contributed by atoms with Crippen molar-refractivity contribution in [2.24, 2.45) is 5.10 Å². The number of rotatable bonds is 8. The first-order valence-corrected chi connectivity index (χ1v) is 9.31. The van der Waals surface area contributed by atoms with E-state index in [9.17, 15) is 4.79 Å². The number of amides is 1. The summed E-state index contributed by atoms with van der Waals surface area (Å²) in [6.45, 7) is 3.90. The lowest BCUT2D eigenvalue weighted by Gasteiger charge is -2.13. The van der Waals surface area contributed by atoms with Crippen LogP contribution in [0, 0.1) is 0 Å². The van der Waals surface area contributed by atoms with Gasteiger partial charge in [0, 0.05) is 4.47 Å². The van der Waals surface area contributed by atoms with Crippen LogP contribution in [0.3, 0.4) is 0 Å². The third-order valence-corrected chi connectivity index (χ3v) is 4.22. The molecule has 1 amide bonds. The predicted molar refractivity (Wildman–Crippen MR) is 107 cm³/mol. The maximum atomic E-state index is 11.8. The van der Waals surface area contributed by atoms with Crippen molar-refractivity contribution < 1.29 is 14.3 Å². The van der Waals surface area contributed by atoms with Gasteiger partial charge in [0.1, 0.15) is 11.5 Å². The standard InChI is InChI=1S/C19H20BrClN2O3/c1-3-13(2)26-18-8-7-14(9-17(18)21)11-22-23-19(24)12-25-16-6-4-5-15(20)10-16/h4-11,13H,3,12H2,1-2H3,(H,23,24)/b22-11+/t13-/m1/s1. The van der Waals surface area contributed by atoms with E-state index in [-0.39, 0.29) is 18.6 Å². The Balaban J connectivity index is 1.83. The van der Waals surface area contributed by atoms with Crippen LogP contribution in [-0.4, -0.2) is 24.8 Å². The Kier molecular flexibility index (Phi) is 7.94. The molecule has 0 aliphatic carbocycles. The number of ether oxygens (including phenoxy) is 2. The second kappa shape index (κ2) is 10.2. The second-order valence-electron chi connectivity index (χ2n) is 5.57. The zero-order chi connectivity index (χ0) is 18.9. The van der Waals surface area contributed by atoms with Crippen molar-refractivity contribution in [3.05, 3.63) is 57.5 Å². The first kappa shape index (κ1) is 20.3. The molecule has 7 heteroatoms. The molecule has 0 bridgehead atoms. The lowest BCUT2D eigenvalue weighted by molar-refractivity contribution is -0.123. The molecule has 0 heterocycles. The highest BCUT2D eigenvalue weighted by Crippen LogP contribution is 2.26. The topological polar surface area (TPSA) is 59.9 Å². The molecule has 0 aromatic heterocycles. The molecule has 1 atom stereocenters. The van der Waals surface area contributed by atoms with E-state index in [2.05, 4.69) is 26.5 Å². The summed E-state index contributed by atoms with van der Waals surface area (Å²) < 4.78 is 12.0. The van der Waals surface area contributed by atoms with Crippen molar-refractivity contribution in [1.29, 1.82) is 0 Å². The minimum absolute atomic E-state index is 0.0940. The predicted octanol–water partition coefficient (Wildman–Crippen LogP) is 4.81. The smallest absolute Gasteiger partial charge is 0.277 e. The van der Waals surface area contributed by atoms with E-state index >= 15 is 0 Å². The van der Waals surface area contributed by atoms with E-state index in [1.807, 2.05) is 32.0 Å². The van der Waals surface area contributed by atoms with Gasteiger partial charge in [0.25, 0.3) is 5.91 Å². The van der Waals surface area contributed by atoms with Crippen molar-refractivity contribution in [1.82, 2.24) is 5.43 Å². The number of hydrazone groups is 1. The number of hydrogen-bond donors (Lipinski definition) is 1. The van der Waals surface area contributed by atoms with Gasteiger partial charge >= 0.3 is 0 Å². The Labute approximate surface area is 166 Å². The molecule has 5 nitrogen and oxygen atoms in total. The van der Waals surface area contributed by atoms with Crippen LogP contribution in [0.2, 0.25) is 5.02 Å². The summed E-state index contributed by atoms with van der Waals surface area (Å²) in [5, 5.41) is 4.40. The average molecular weight is 440 g/mol. The summed E-state index contributed by atoms with van der Waals surface area (Å²) in [7, 11) is 0. The molecule has 2 aromatic carbocycles.